The van der Waals surface area contributed by atoms with Crippen molar-refractivity contribution in [1.29, 1.82) is 0 Å². The molecule has 1 aliphatic carbocycles. The van der Waals surface area contributed by atoms with E-state index in [9.17, 15) is 9.59 Å². The van der Waals surface area contributed by atoms with Gasteiger partial charge in [-0.25, -0.2) is 9.59 Å². The maximum Gasteiger partial charge on any atom is 0.342 e. The zero-order chi connectivity index (χ0) is 7.84. The van der Waals surface area contributed by atoms with Crippen molar-refractivity contribution in [2.75, 3.05) is 0 Å². The number of ether oxygens (including phenoxy) is 1. The third-order valence-corrected chi connectivity index (χ3v) is 1.86. The fourth-order valence-electron chi connectivity index (χ4n) is 1.13. The van der Waals surface area contributed by atoms with Crippen LogP contribution in [-0.2, 0) is 14.3 Å². The Bertz CT molecular complexity index is 286. The first-order valence-electron chi connectivity index (χ1n) is 3.42. The summed E-state index contributed by atoms with van der Waals surface area (Å²) in [7, 11) is 0. The van der Waals surface area contributed by atoms with E-state index < -0.39 is 11.9 Å². The largest absolute Gasteiger partial charge is 0.386 e. The number of cyclic esters (lactones) is 2. The van der Waals surface area contributed by atoms with E-state index in [1.165, 1.54) is 6.08 Å². The summed E-state index contributed by atoms with van der Waals surface area (Å²) in [6.45, 7) is 0. The van der Waals surface area contributed by atoms with Crippen molar-refractivity contribution in [1.82, 2.24) is 0 Å². The average molecular weight is 150 g/mol. The Morgan fingerprint density at radius 3 is 2.55 bits per heavy atom. The third-order valence-electron chi connectivity index (χ3n) is 1.86. The second-order valence-corrected chi connectivity index (χ2v) is 2.58. The second kappa shape index (κ2) is 2.05. The van der Waals surface area contributed by atoms with Gasteiger partial charge in [0.15, 0.2) is 0 Å². The lowest BCUT2D eigenvalue weighted by Gasteiger charge is -2.15. The summed E-state index contributed by atoms with van der Waals surface area (Å²) in [5, 5.41) is 0. The molecule has 11 heavy (non-hydrogen) atoms. The molecule has 3 nitrogen and oxygen atoms in total. The van der Waals surface area contributed by atoms with Crippen molar-refractivity contribution in [2.24, 2.45) is 5.92 Å². The third kappa shape index (κ3) is 0.888. The lowest BCUT2D eigenvalue weighted by atomic mass is 9.88. The van der Waals surface area contributed by atoms with Crippen LogP contribution in [0.3, 0.4) is 0 Å². The lowest BCUT2D eigenvalue weighted by Crippen LogP contribution is -2.12. The molecule has 0 N–H and O–H groups in total. The number of carbonyl (C=O) groups is 2. The van der Waals surface area contributed by atoms with Crippen LogP contribution in [0.2, 0.25) is 0 Å². The van der Waals surface area contributed by atoms with Gasteiger partial charge >= 0.3 is 11.9 Å². The molecule has 56 valence electrons. The zero-order valence-electron chi connectivity index (χ0n) is 5.74. The smallest absolute Gasteiger partial charge is 0.342 e. The summed E-state index contributed by atoms with van der Waals surface area (Å²) in [6, 6.07) is 0. The van der Waals surface area contributed by atoms with Crippen LogP contribution < -0.4 is 0 Å². The molecule has 0 bridgehead atoms. The Morgan fingerprint density at radius 2 is 2.18 bits per heavy atom. The molecule has 2 aliphatic rings. The molecule has 0 fully saturated rings. The van der Waals surface area contributed by atoms with Crippen molar-refractivity contribution < 1.29 is 14.3 Å². The summed E-state index contributed by atoms with van der Waals surface area (Å²) in [6.07, 6.45) is 5.97. The highest BCUT2D eigenvalue weighted by Gasteiger charge is 2.30. The number of carbonyl (C=O) groups excluding carboxylic acids is 2. The number of esters is 2. The van der Waals surface area contributed by atoms with Crippen LogP contribution in [0.25, 0.3) is 0 Å². The predicted molar refractivity (Wildman–Crippen MR) is 36.4 cm³/mol. The standard InChI is InChI=1S/C8H6O3/c9-7-4-6(8(10)11-7)5-2-1-3-5/h1-2,4-5H,3H2. The van der Waals surface area contributed by atoms with E-state index >= 15 is 0 Å². The monoisotopic (exact) mass is 150 g/mol. The number of allylic oxidation sites excluding steroid dienone is 2. The van der Waals surface area contributed by atoms with Crippen molar-refractivity contribution in [3.8, 4) is 0 Å². The summed E-state index contributed by atoms with van der Waals surface area (Å²) in [4.78, 5) is 21.4. The molecule has 0 aromatic rings. The van der Waals surface area contributed by atoms with E-state index in [2.05, 4.69) is 4.74 Å². The van der Waals surface area contributed by atoms with E-state index in [1.54, 1.807) is 0 Å². The van der Waals surface area contributed by atoms with Crippen molar-refractivity contribution in [2.45, 2.75) is 6.42 Å². The second-order valence-electron chi connectivity index (χ2n) is 2.58. The molecular weight excluding hydrogens is 144 g/mol. The fourth-order valence-corrected chi connectivity index (χ4v) is 1.13. The number of hydrogen-bond donors (Lipinski definition) is 0. The first-order chi connectivity index (χ1) is 5.27. The van der Waals surface area contributed by atoms with Crippen LogP contribution in [0.5, 0.6) is 0 Å². The molecule has 1 aliphatic heterocycles. The minimum atomic E-state index is -0.537. The highest BCUT2D eigenvalue weighted by molar-refractivity contribution is 6.09. The van der Waals surface area contributed by atoms with Gasteiger partial charge in [-0.05, 0) is 6.42 Å². The SMILES string of the molecule is O=C1C=C(C2C=CC2)C(=O)O1. The van der Waals surface area contributed by atoms with E-state index in [0.717, 1.165) is 6.42 Å². The van der Waals surface area contributed by atoms with Crippen molar-refractivity contribution in [3.05, 3.63) is 23.8 Å². The Morgan fingerprint density at radius 1 is 1.45 bits per heavy atom. The van der Waals surface area contributed by atoms with Gasteiger partial charge in [-0.3, -0.25) is 0 Å². The molecule has 0 amide bonds. The molecule has 0 aromatic carbocycles. The van der Waals surface area contributed by atoms with Crippen LogP contribution in [0.4, 0.5) is 0 Å². The normalized spacial score (nSPS) is 28.0. The minimum absolute atomic E-state index is 0.119. The summed E-state index contributed by atoms with van der Waals surface area (Å²) in [5.41, 5.74) is 0.498. The maximum atomic E-state index is 10.9. The first-order valence-corrected chi connectivity index (χ1v) is 3.42. The predicted octanol–water partition coefficient (Wildman–Crippen LogP) is 0.572. The van der Waals surface area contributed by atoms with Crippen LogP contribution in [0, 0.1) is 5.92 Å². The summed E-state index contributed by atoms with van der Waals surface area (Å²) >= 11 is 0. The van der Waals surface area contributed by atoms with E-state index in [1.807, 2.05) is 12.2 Å². The molecule has 0 saturated heterocycles. The highest BCUT2D eigenvalue weighted by Crippen LogP contribution is 2.28. The van der Waals surface area contributed by atoms with Crippen LogP contribution in [0.1, 0.15) is 6.42 Å². The number of rotatable bonds is 1. The maximum absolute atomic E-state index is 10.9. The van der Waals surface area contributed by atoms with Gasteiger partial charge in [-0.1, -0.05) is 12.2 Å². The lowest BCUT2D eigenvalue weighted by molar-refractivity contribution is -0.150. The fraction of sp³-hybridized carbons (Fsp3) is 0.250. The number of hydrogen-bond acceptors (Lipinski definition) is 3. The molecule has 2 rings (SSSR count). The molecule has 0 aromatic heterocycles. The Labute approximate surface area is 63.3 Å². The van der Waals surface area contributed by atoms with E-state index in [-0.39, 0.29) is 5.92 Å². The zero-order valence-corrected chi connectivity index (χ0v) is 5.74. The van der Waals surface area contributed by atoms with Crippen LogP contribution in [-0.4, -0.2) is 11.9 Å². The van der Waals surface area contributed by atoms with Gasteiger partial charge in [0, 0.05) is 12.0 Å². The molecule has 1 atom stereocenters. The molecule has 0 spiro atoms. The Balaban J connectivity index is 2.24. The van der Waals surface area contributed by atoms with Gasteiger partial charge in [0.2, 0.25) is 0 Å². The quantitative estimate of drug-likeness (QED) is 0.312. The van der Waals surface area contributed by atoms with Gasteiger partial charge in [0.1, 0.15) is 0 Å². The van der Waals surface area contributed by atoms with Crippen LogP contribution >= 0.6 is 0 Å². The van der Waals surface area contributed by atoms with Gasteiger partial charge < -0.3 is 4.74 Å². The molecule has 3 heteroatoms. The molecular formula is C8H6O3. The van der Waals surface area contributed by atoms with Crippen molar-refractivity contribution in [3.63, 3.8) is 0 Å². The Hall–Kier alpha value is -1.38. The average Bonchev–Trinajstić information content (AvgIpc) is 2.07. The van der Waals surface area contributed by atoms with Crippen molar-refractivity contribution >= 4 is 11.9 Å². The molecule has 1 unspecified atom stereocenters. The van der Waals surface area contributed by atoms with E-state index in [4.69, 9.17) is 0 Å². The van der Waals surface area contributed by atoms with Gasteiger partial charge in [0.05, 0.1) is 5.57 Å². The summed E-state index contributed by atoms with van der Waals surface area (Å²) in [5.74, 6) is -0.899. The van der Waals surface area contributed by atoms with Gasteiger partial charge in [-0.15, -0.1) is 0 Å². The molecule has 1 heterocycles. The summed E-state index contributed by atoms with van der Waals surface area (Å²) < 4.78 is 4.33. The minimum Gasteiger partial charge on any atom is -0.386 e. The van der Waals surface area contributed by atoms with E-state index in [0.29, 0.717) is 5.57 Å². The van der Waals surface area contributed by atoms with Gasteiger partial charge in [0.25, 0.3) is 0 Å². The van der Waals surface area contributed by atoms with Crippen LogP contribution in [0.15, 0.2) is 23.8 Å². The van der Waals surface area contributed by atoms with Gasteiger partial charge in [-0.2, -0.15) is 0 Å². The molecule has 0 radical (unpaired) electrons. The Kier molecular flexibility index (Phi) is 1.18. The highest BCUT2D eigenvalue weighted by atomic mass is 16.6. The topological polar surface area (TPSA) is 43.4 Å². The first kappa shape index (κ1) is 6.34. The molecule has 0 saturated carbocycles.